The van der Waals surface area contributed by atoms with Crippen LogP contribution < -0.4 is 15.2 Å². The molecule has 2 aromatic carbocycles. The van der Waals surface area contributed by atoms with E-state index in [1.165, 1.54) is 37.4 Å². The molecule has 3 N–H and O–H groups in total. The molecule has 128 valence electrons. The van der Waals surface area contributed by atoms with Gasteiger partial charge in [0, 0.05) is 10.6 Å². The fourth-order valence-corrected chi connectivity index (χ4v) is 2.79. The SMILES string of the molecule is COc1ccc(S(N)(=O)=O)cc1NC(=O)Cc1c(F)cccc1Cl. The predicted octanol–water partition coefficient (Wildman–Crippen LogP) is 2.32. The van der Waals surface area contributed by atoms with E-state index in [0.717, 1.165) is 6.07 Å². The van der Waals surface area contributed by atoms with Crippen molar-refractivity contribution in [3.63, 3.8) is 0 Å². The molecule has 0 fully saturated rings. The number of carbonyl (C=O) groups is 1. The number of rotatable bonds is 5. The third-order valence-corrected chi connectivity index (χ3v) is 4.44. The first-order valence-corrected chi connectivity index (χ1v) is 8.58. The minimum atomic E-state index is -3.95. The van der Waals surface area contributed by atoms with Gasteiger partial charge in [-0.2, -0.15) is 0 Å². The van der Waals surface area contributed by atoms with E-state index in [9.17, 15) is 17.6 Å². The molecule has 9 heteroatoms. The van der Waals surface area contributed by atoms with Gasteiger partial charge in [0.05, 0.1) is 24.1 Å². The van der Waals surface area contributed by atoms with E-state index in [1.807, 2.05) is 0 Å². The number of primary sulfonamides is 1. The van der Waals surface area contributed by atoms with Crippen LogP contribution in [0.2, 0.25) is 5.02 Å². The topological polar surface area (TPSA) is 98.5 Å². The summed E-state index contributed by atoms with van der Waals surface area (Å²) in [6, 6.07) is 7.85. The monoisotopic (exact) mass is 372 g/mol. The lowest BCUT2D eigenvalue weighted by Crippen LogP contribution is -2.17. The van der Waals surface area contributed by atoms with Gasteiger partial charge in [-0.25, -0.2) is 17.9 Å². The zero-order chi connectivity index (χ0) is 17.9. The standard InChI is InChI=1S/C15H14ClFN2O4S/c1-23-14-6-5-9(24(18,21)22)7-13(14)19-15(20)8-10-11(16)3-2-4-12(10)17/h2-7H,8H2,1H3,(H,19,20)(H2,18,21,22). The van der Waals surface area contributed by atoms with Crippen molar-refractivity contribution in [1.82, 2.24) is 0 Å². The molecule has 2 rings (SSSR count). The Morgan fingerprint density at radius 1 is 1.33 bits per heavy atom. The maximum absolute atomic E-state index is 13.7. The largest absolute Gasteiger partial charge is 0.495 e. The maximum Gasteiger partial charge on any atom is 0.238 e. The molecular weight excluding hydrogens is 359 g/mol. The van der Waals surface area contributed by atoms with Gasteiger partial charge in [-0.3, -0.25) is 4.79 Å². The summed E-state index contributed by atoms with van der Waals surface area (Å²) in [4.78, 5) is 12.0. The van der Waals surface area contributed by atoms with Crippen molar-refractivity contribution in [2.75, 3.05) is 12.4 Å². The molecule has 0 saturated heterocycles. The molecule has 1 amide bonds. The lowest BCUT2D eigenvalue weighted by Gasteiger charge is -2.12. The highest BCUT2D eigenvalue weighted by Crippen LogP contribution is 2.28. The fraction of sp³-hybridized carbons (Fsp3) is 0.133. The summed E-state index contributed by atoms with van der Waals surface area (Å²) in [5, 5.41) is 7.65. The lowest BCUT2D eigenvalue weighted by atomic mass is 10.1. The Morgan fingerprint density at radius 3 is 2.62 bits per heavy atom. The van der Waals surface area contributed by atoms with Crippen molar-refractivity contribution in [3.05, 3.63) is 52.8 Å². The number of sulfonamides is 1. The summed E-state index contributed by atoms with van der Waals surface area (Å²) in [5.74, 6) is -0.967. The van der Waals surface area contributed by atoms with E-state index in [1.54, 1.807) is 0 Å². The first-order chi connectivity index (χ1) is 11.2. The molecule has 0 unspecified atom stereocenters. The van der Waals surface area contributed by atoms with Crippen molar-refractivity contribution >= 4 is 33.2 Å². The second kappa shape index (κ2) is 7.16. The molecule has 0 aromatic heterocycles. The van der Waals surface area contributed by atoms with E-state index in [4.69, 9.17) is 21.5 Å². The van der Waals surface area contributed by atoms with Crippen LogP contribution in [0, 0.1) is 5.82 Å². The Morgan fingerprint density at radius 2 is 2.04 bits per heavy atom. The average Bonchev–Trinajstić information content (AvgIpc) is 2.50. The highest BCUT2D eigenvalue weighted by atomic mass is 35.5. The molecule has 0 aliphatic rings. The summed E-state index contributed by atoms with van der Waals surface area (Å²) in [5.41, 5.74) is 0.139. The highest BCUT2D eigenvalue weighted by molar-refractivity contribution is 7.89. The number of hydrogen-bond donors (Lipinski definition) is 2. The van der Waals surface area contributed by atoms with Gasteiger partial charge in [-0.05, 0) is 30.3 Å². The number of halogens is 2. The van der Waals surface area contributed by atoms with Crippen LogP contribution in [0.25, 0.3) is 0 Å². The molecule has 0 aliphatic carbocycles. The van der Waals surface area contributed by atoms with Gasteiger partial charge in [0.1, 0.15) is 11.6 Å². The molecule has 0 aliphatic heterocycles. The Bertz CT molecular complexity index is 867. The van der Waals surface area contributed by atoms with E-state index in [2.05, 4.69) is 5.32 Å². The first kappa shape index (κ1) is 18.2. The third-order valence-electron chi connectivity index (χ3n) is 3.17. The van der Waals surface area contributed by atoms with E-state index in [0.29, 0.717) is 0 Å². The average molecular weight is 373 g/mol. The normalized spacial score (nSPS) is 11.2. The second-order valence-corrected chi connectivity index (χ2v) is 6.80. The van der Waals surface area contributed by atoms with Gasteiger partial charge in [-0.15, -0.1) is 0 Å². The molecule has 6 nitrogen and oxygen atoms in total. The molecule has 2 aromatic rings. The number of ether oxygens (including phenoxy) is 1. The van der Waals surface area contributed by atoms with Gasteiger partial charge >= 0.3 is 0 Å². The van der Waals surface area contributed by atoms with Crippen LogP contribution in [0.15, 0.2) is 41.3 Å². The summed E-state index contributed by atoms with van der Waals surface area (Å²) >= 11 is 5.88. The number of benzene rings is 2. The summed E-state index contributed by atoms with van der Waals surface area (Å²) < 4.78 is 41.6. The zero-order valence-electron chi connectivity index (χ0n) is 12.5. The number of carbonyl (C=O) groups excluding carboxylic acids is 1. The molecule has 0 bridgehead atoms. The lowest BCUT2D eigenvalue weighted by molar-refractivity contribution is -0.115. The number of nitrogens with two attached hydrogens (primary N) is 1. The highest BCUT2D eigenvalue weighted by Gasteiger charge is 2.16. The van der Waals surface area contributed by atoms with E-state index < -0.39 is 21.7 Å². The number of amides is 1. The molecule has 24 heavy (non-hydrogen) atoms. The van der Waals surface area contributed by atoms with E-state index in [-0.39, 0.29) is 33.3 Å². The summed E-state index contributed by atoms with van der Waals surface area (Å²) in [6.07, 6.45) is -0.325. The van der Waals surface area contributed by atoms with Gasteiger partial charge in [0.25, 0.3) is 0 Å². The van der Waals surface area contributed by atoms with E-state index >= 15 is 0 Å². The Kier molecular flexibility index (Phi) is 5.43. The third kappa shape index (κ3) is 4.22. The molecule has 0 atom stereocenters. The van der Waals surface area contributed by atoms with Crippen LogP contribution >= 0.6 is 11.6 Å². The first-order valence-electron chi connectivity index (χ1n) is 6.66. The summed E-state index contributed by atoms with van der Waals surface area (Å²) in [6.45, 7) is 0. The number of nitrogens with one attached hydrogen (secondary N) is 1. The Labute approximate surface area is 143 Å². The maximum atomic E-state index is 13.7. The fourth-order valence-electron chi connectivity index (χ4n) is 2.02. The summed E-state index contributed by atoms with van der Waals surface area (Å²) in [7, 11) is -2.59. The van der Waals surface area contributed by atoms with Crippen LogP contribution in [0.5, 0.6) is 5.75 Å². The molecule has 0 spiro atoms. The molecule has 0 saturated carbocycles. The van der Waals surface area contributed by atoms with Gasteiger partial charge in [-0.1, -0.05) is 17.7 Å². The van der Waals surface area contributed by atoms with Crippen LogP contribution in [-0.4, -0.2) is 21.4 Å². The zero-order valence-corrected chi connectivity index (χ0v) is 14.1. The van der Waals surface area contributed by atoms with Crippen molar-refractivity contribution in [2.24, 2.45) is 5.14 Å². The number of hydrogen-bond acceptors (Lipinski definition) is 4. The van der Waals surface area contributed by atoms with Crippen LogP contribution in [0.4, 0.5) is 10.1 Å². The van der Waals surface area contributed by atoms with Crippen molar-refractivity contribution in [3.8, 4) is 5.75 Å². The van der Waals surface area contributed by atoms with Gasteiger partial charge in [0.15, 0.2) is 0 Å². The van der Waals surface area contributed by atoms with Crippen molar-refractivity contribution < 1.29 is 22.3 Å². The molecule has 0 heterocycles. The van der Waals surface area contributed by atoms with Crippen molar-refractivity contribution in [1.29, 1.82) is 0 Å². The quantitative estimate of drug-likeness (QED) is 0.841. The number of methoxy groups -OCH3 is 1. The predicted molar refractivity (Wildman–Crippen MR) is 88.1 cm³/mol. The second-order valence-electron chi connectivity index (χ2n) is 4.83. The van der Waals surface area contributed by atoms with Gasteiger partial charge < -0.3 is 10.1 Å². The van der Waals surface area contributed by atoms with Crippen LogP contribution in [-0.2, 0) is 21.2 Å². The van der Waals surface area contributed by atoms with Gasteiger partial charge in [0.2, 0.25) is 15.9 Å². The Hall–Kier alpha value is -2.16. The minimum Gasteiger partial charge on any atom is -0.495 e. The molecule has 0 radical (unpaired) electrons. The number of anilines is 1. The van der Waals surface area contributed by atoms with Crippen LogP contribution in [0.3, 0.4) is 0 Å². The Balaban J connectivity index is 2.28. The van der Waals surface area contributed by atoms with Crippen molar-refractivity contribution in [2.45, 2.75) is 11.3 Å². The smallest absolute Gasteiger partial charge is 0.238 e. The van der Waals surface area contributed by atoms with Crippen LogP contribution in [0.1, 0.15) is 5.56 Å². The minimum absolute atomic E-state index is 0.0400. The molecular formula is C15H14ClFN2O4S.